The lowest BCUT2D eigenvalue weighted by atomic mass is 10.5. The highest BCUT2D eigenvalue weighted by Gasteiger charge is 1.95. The van der Waals surface area contributed by atoms with E-state index in [9.17, 15) is 4.79 Å². The van der Waals surface area contributed by atoms with Gasteiger partial charge < -0.3 is 4.74 Å². The molecule has 9 heavy (non-hydrogen) atoms. The lowest BCUT2D eigenvalue weighted by Gasteiger charge is -1.98. The smallest absolute Gasteiger partial charge is 0.305 e. The summed E-state index contributed by atoms with van der Waals surface area (Å²) in [5.74, 6) is -0.285. The topological polar surface area (TPSA) is 55.8 Å². The molecule has 54 valence electrons. The Morgan fingerprint density at radius 3 is 2.67 bits per heavy atom. The molecule has 0 aromatic carbocycles. The van der Waals surface area contributed by atoms with E-state index in [1.165, 1.54) is 0 Å². The van der Waals surface area contributed by atoms with E-state index in [0.29, 0.717) is 6.42 Å². The van der Waals surface area contributed by atoms with Gasteiger partial charge in [-0.15, -0.1) is 0 Å². The molecule has 0 atom stereocenters. The molecular weight excluding hydrogens is 124 g/mol. The second-order valence-corrected chi connectivity index (χ2v) is 1.41. The molecule has 0 aliphatic carbocycles. The Kier molecular flexibility index (Phi) is 5.15. The van der Waals surface area contributed by atoms with Crippen molar-refractivity contribution in [2.75, 3.05) is 13.2 Å². The Balaban J connectivity index is 2.97. The molecule has 0 heterocycles. The Morgan fingerprint density at radius 1 is 1.56 bits per heavy atom. The Bertz CT molecular complexity index is 81.0. The van der Waals surface area contributed by atoms with Crippen molar-refractivity contribution in [2.24, 2.45) is 0 Å². The first-order valence-corrected chi connectivity index (χ1v) is 2.73. The predicted octanol–water partition coefficient (Wildman–Crippen LogP) is 0.429. The second-order valence-electron chi connectivity index (χ2n) is 1.41. The standard InChI is InChI=1S/C5H10O4/c1-2-5(6)8-3-4-9-7/h7H,2-4H2,1H3. The van der Waals surface area contributed by atoms with Gasteiger partial charge in [0.05, 0.1) is 0 Å². The SMILES string of the molecule is CCC(=O)OCCOO. The van der Waals surface area contributed by atoms with Crippen molar-refractivity contribution in [3.8, 4) is 0 Å². The van der Waals surface area contributed by atoms with Gasteiger partial charge in [-0.05, 0) is 0 Å². The van der Waals surface area contributed by atoms with E-state index < -0.39 is 0 Å². The monoisotopic (exact) mass is 134 g/mol. The minimum absolute atomic E-state index is 0.0335. The Morgan fingerprint density at radius 2 is 2.22 bits per heavy atom. The highest BCUT2D eigenvalue weighted by molar-refractivity contribution is 5.68. The summed E-state index contributed by atoms with van der Waals surface area (Å²) >= 11 is 0. The van der Waals surface area contributed by atoms with Crippen molar-refractivity contribution in [2.45, 2.75) is 13.3 Å². The summed E-state index contributed by atoms with van der Waals surface area (Å²) in [5.41, 5.74) is 0. The van der Waals surface area contributed by atoms with Gasteiger partial charge in [0, 0.05) is 6.42 Å². The van der Waals surface area contributed by atoms with Crippen LogP contribution in [0.25, 0.3) is 0 Å². The molecular formula is C5H10O4. The number of hydrogen-bond acceptors (Lipinski definition) is 4. The number of esters is 1. The third kappa shape index (κ3) is 5.26. The maximum absolute atomic E-state index is 10.3. The third-order valence-electron chi connectivity index (χ3n) is 0.726. The predicted molar refractivity (Wildman–Crippen MR) is 29.8 cm³/mol. The fraction of sp³-hybridized carbons (Fsp3) is 0.800. The highest BCUT2D eigenvalue weighted by Crippen LogP contribution is 1.82. The number of ether oxygens (including phenoxy) is 1. The zero-order valence-electron chi connectivity index (χ0n) is 5.29. The molecule has 0 amide bonds. The molecule has 0 bridgehead atoms. The van der Waals surface area contributed by atoms with Gasteiger partial charge in [0.1, 0.15) is 13.2 Å². The minimum atomic E-state index is -0.285. The van der Waals surface area contributed by atoms with E-state index in [-0.39, 0.29) is 19.2 Å². The van der Waals surface area contributed by atoms with E-state index in [1.807, 2.05) is 0 Å². The van der Waals surface area contributed by atoms with Crippen molar-refractivity contribution < 1.29 is 19.7 Å². The second kappa shape index (κ2) is 5.53. The highest BCUT2D eigenvalue weighted by atomic mass is 17.1. The molecule has 0 rings (SSSR count). The molecule has 4 nitrogen and oxygen atoms in total. The van der Waals surface area contributed by atoms with Crippen LogP contribution in [0.1, 0.15) is 13.3 Å². The summed E-state index contributed by atoms with van der Waals surface area (Å²) in [5, 5.41) is 7.76. The van der Waals surface area contributed by atoms with E-state index in [0.717, 1.165) is 0 Å². The van der Waals surface area contributed by atoms with Crippen molar-refractivity contribution >= 4 is 5.97 Å². The normalized spacial score (nSPS) is 9.11. The molecule has 0 spiro atoms. The molecule has 0 aromatic heterocycles. The Hall–Kier alpha value is -0.610. The van der Waals surface area contributed by atoms with Gasteiger partial charge in [-0.25, -0.2) is 4.89 Å². The lowest BCUT2D eigenvalue weighted by Crippen LogP contribution is -2.07. The summed E-state index contributed by atoms with van der Waals surface area (Å²) < 4.78 is 4.51. The van der Waals surface area contributed by atoms with Gasteiger partial charge in [-0.3, -0.25) is 10.1 Å². The van der Waals surface area contributed by atoms with Gasteiger partial charge in [-0.1, -0.05) is 6.92 Å². The molecule has 4 heteroatoms. The van der Waals surface area contributed by atoms with Crippen LogP contribution in [0.2, 0.25) is 0 Å². The van der Waals surface area contributed by atoms with Crippen molar-refractivity contribution in [1.82, 2.24) is 0 Å². The van der Waals surface area contributed by atoms with Crippen LogP contribution < -0.4 is 0 Å². The van der Waals surface area contributed by atoms with E-state index >= 15 is 0 Å². The molecule has 0 aromatic rings. The Labute approximate surface area is 53.3 Å². The zero-order chi connectivity index (χ0) is 7.11. The summed E-state index contributed by atoms with van der Waals surface area (Å²) in [6.45, 7) is 1.84. The third-order valence-corrected chi connectivity index (χ3v) is 0.726. The molecule has 0 unspecified atom stereocenters. The van der Waals surface area contributed by atoms with Crippen LogP contribution in [0.5, 0.6) is 0 Å². The average Bonchev–Trinajstić information content (AvgIpc) is 1.89. The number of carbonyl (C=O) groups is 1. The summed E-state index contributed by atoms with van der Waals surface area (Å²) in [4.78, 5) is 14.0. The molecule has 0 fully saturated rings. The first-order valence-electron chi connectivity index (χ1n) is 2.73. The molecule has 0 saturated heterocycles. The van der Waals surface area contributed by atoms with Crippen LogP contribution in [0.3, 0.4) is 0 Å². The largest absolute Gasteiger partial charge is 0.463 e. The van der Waals surface area contributed by atoms with Crippen LogP contribution in [-0.4, -0.2) is 24.4 Å². The number of hydrogen-bond donors (Lipinski definition) is 1. The quantitative estimate of drug-likeness (QED) is 0.262. The lowest BCUT2D eigenvalue weighted by molar-refractivity contribution is -0.248. The van der Waals surface area contributed by atoms with Crippen LogP contribution >= 0.6 is 0 Å². The van der Waals surface area contributed by atoms with Crippen LogP contribution in [0.4, 0.5) is 0 Å². The van der Waals surface area contributed by atoms with Crippen LogP contribution in [0.15, 0.2) is 0 Å². The summed E-state index contributed by atoms with van der Waals surface area (Å²) in [6.07, 6.45) is 0.353. The fourth-order valence-corrected chi connectivity index (χ4v) is 0.295. The van der Waals surface area contributed by atoms with Gasteiger partial charge >= 0.3 is 5.97 Å². The zero-order valence-corrected chi connectivity index (χ0v) is 5.29. The fourth-order valence-electron chi connectivity index (χ4n) is 0.295. The molecule has 0 aliphatic heterocycles. The maximum Gasteiger partial charge on any atom is 0.305 e. The molecule has 0 aliphatic rings. The minimum Gasteiger partial charge on any atom is -0.463 e. The van der Waals surface area contributed by atoms with Crippen LogP contribution in [0, 0.1) is 0 Å². The maximum atomic E-state index is 10.3. The first kappa shape index (κ1) is 8.39. The van der Waals surface area contributed by atoms with Crippen molar-refractivity contribution in [3.05, 3.63) is 0 Å². The van der Waals surface area contributed by atoms with Crippen LogP contribution in [-0.2, 0) is 14.4 Å². The molecule has 0 radical (unpaired) electrons. The van der Waals surface area contributed by atoms with E-state index in [4.69, 9.17) is 5.26 Å². The van der Waals surface area contributed by atoms with Gasteiger partial charge in [0.15, 0.2) is 0 Å². The van der Waals surface area contributed by atoms with E-state index in [2.05, 4.69) is 9.62 Å². The first-order chi connectivity index (χ1) is 4.31. The summed E-state index contributed by atoms with van der Waals surface area (Å²) in [6, 6.07) is 0. The van der Waals surface area contributed by atoms with Crippen molar-refractivity contribution in [1.29, 1.82) is 0 Å². The molecule has 1 N–H and O–H groups in total. The average molecular weight is 134 g/mol. The summed E-state index contributed by atoms with van der Waals surface area (Å²) in [7, 11) is 0. The number of rotatable bonds is 4. The number of carbonyl (C=O) groups excluding carboxylic acids is 1. The van der Waals surface area contributed by atoms with Gasteiger partial charge in [-0.2, -0.15) is 0 Å². The molecule has 0 saturated carbocycles. The van der Waals surface area contributed by atoms with Crippen molar-refractivity contribution in [3.63, 3.8) is 0 Å². The van der Waals surface area contributed by atoms with E-state index in [1.54, 1.807) is 6.92 Å². The van der Waals surface area contributed by atoms with Gasteiger partial charge in [0.2, 0.25) is 0 Å². The van der Waals surface area contributed by atoms with Gasteiger partial charge in [0.25, 0.3) is 0 Å².